The van der Waals surface area contributed by atoms with E-state index in [-0.39, 0.29) is 5.41 Å². The molecule has 2 heterocycles. The molecule has 0 aliphatic rings. The third-order valence-electron chi connectivity index (χ3n) is 3.37. The highest BCUT2D eigenvalue weighted by Gasteiger charge is 2.22. The predicted molar refractivity (Wildman–Crippen MR) is 78.4 cm³/mol. The van der Waals surface area contributed by atoms with Crippen LogP contribution in [0.3, 0.4) is 0 Å². The van der Waals surface area contributed by atoms with E-state index in [0.29, 0.717) is 6.54 Å². The van der Waals surface area contributed by atoms with E-state index in [1.54, 1.807) is 0 Å². The molecule has 0 atom stereocenters. The second-order valence-corrected chi connectivity index (χ2v) is 5.73. The molecule has 0 aliphatic carbocycles. The van der Waals surface area contributed by atoms with Crippen molar-refractivity contribution in [2.75, 3.05) is 24.5 Å². The van der Waals surface area contributed by atoms with Gasteiger partial charge < -0.3 is 10.6 Å². The van der Waals surface area contributed by atoms with Crippen LogP contribution in [0.5, 0.6) is 0 Å². The monoisotopic (exact) mass is 261 g/mol. The molecule has 2 aromatic rings. The molecule has 5 heteroatoms. The molecular weight excluding hydrogens is 238 g/mol. The minimum absolute atomic E-state index is 0.0581. The van der Waals surface area contributed by atoms with Crippen LogP contribution in [-0.2, 0) is 0 Å². The van der Waals surface area contributed by atoms with Gasteiger partial charge in [-0.05, 0) is 37.9 Å². The second-order valence-electron chi connectivity index (χ2n) is 5.73. The van der Waals surface area contributed by atoms with Crippen molar-refractivity contribution < 1.29 is 0 Å². The number of nitrogens with zero attached hydrogens (tertiary/aromatic N) is 4. The van der Waals surface area contributed by atoms with E-state index in [1.807, 2.05) is 29.6 Å². The zero-order valence-electron chi connectivity index (χ0n) is 12.2. The molecule has 0 bridgehead atoms. The van der Waals surface area contributed by atoms with Crippen molar-refractivity contribution in [1.29, 1.82) is 0 Å². The number of nitrogens with two attached hydrogens (primary N) is 1. The van der Waals surface area contributed by atoms with E-state index in [1.165, 1.54) is 0 Å². The number of aryl methyl sites for hydroxylation is 1. The maximum absolute atomic E-state index is 5.81. The molecule has 0 saturated carbocycles. The van der Waals surface area contributed by atoms with Gasteiger partial charge in [0, 0.05) is 18.8 Å². The van der Waals surface area contributed by atoms with Gasteiger partial charge in [0.1, 0.15) is 0 Å². The Kier molecular flexibility index (Phi) is 3.75. The lowest BCUT2D eigenvalue weighted by Crippen LogP contribution is -2.39. The van der Waals surface area contributed by atoms with Crippen LogP contribution in [0.2, 0.25) is 0 Å². The number of pyridine rings is 1. The zero-order valence-corrected chi connectivity index (χ0v) is 12.2. The van der Waals surface area contributed by atoms with Gasteiger partial charge in [0.05, 0.1) is 0 Å². The van der Waals surface area contributed by atoms with Gasteiger partial charge in [0.25, 0.3) is 0 Å². The number of aromatic nitrogens is 3. The molecule has 2 aromatic heterocycles. The van der Waals surface area contributed by atoms with Crippen LogP contribution >= 0.6 is 0 Å². The molecule has 19 heavy (non-hydrogen) atoms. The molecule has 0 spiro atoms. The Labute approximate surface area is 114 Å². The number of rotatable bonds is 5. The Hall–Kier alpha value is -1.62. The molecule has 0 amide bonds. The molecule has 0 aliphatic heterocycles. The highest BCUT2D eigenvalue weighted by atomic mass is 15.4. The predicted octanol–water partition coefficient (Wildman–Crippen LogP) is 1.85. The molecule has 0 unspecified atom stereocenters. The van der Waals surface area contributed by atoms with Crippen molar-refractivity contribution in [3.63, 3.8) is 0 Å². The third kappa shape index (κ3) is 2.87. The van der Waals surface area contributed by atoms with Gasteiger partial charge in [-0.3, -0.25) is 0 Å². The lowest BCUT2D eigenvalue weighted by Gasteiger charge is -2.30. The van der Waals surface area contributed by atoms with Crippen LogP contribution in [0.4, 0.5) is 5.95 Å². The lowest BCUT2D eigenvalue weighted by atomic mass is 9.93. The van der Waals surface area contributed by atoms with Crippen molar-refractivity contribution >= 4 is 11.6 Å². The summed E-state index contributed by atoms with van der Waals surface area (Å²) in [7, 11) is 0. The number of hydrogen-bond donors (Lipinski definition) is 1. The first-order chi connectivity index (χ1) is 8.96. The van der Waals surface area contributed by atoms with Crippen molar-refractivity contribution in [3.05, 3.63) is 23.9 Å². The van der Waals surface area contributed by atoms with E-state index >= 15 is 0 Å². The van der Waals surface area contributed by atoms with E-state index in [9.17, 15) is 0 Å². The summed E-state index contributed by atoms with van der Waals surface area (Å²) in [5, 5.41) is 4.59. The van der Waals surface area contributed by atoms with Crippen molar-refractivity contribution in [3.8, 4) is 0 Å². The first-order valence-corrected chi connectivity index (χ1v) is 6.74. The van der Waals surface area contributed by atoms with Gasteiger partial charge in [-0.25, -0.2) is 4.52 Å². The normalized spacial score (nSPS) is 12.1. The second kappa shape index (κ2) is 5.17. The quantitative estimate of drug-likeness (QED) is 0.892. The number of fused-ring (bicyclic) bond motifs is 1. The molecule has 0 aromatic carbocycles. The maximum atomic E-state index is 5.81. The fraction of sp³-hybridized carbons (Fsp3) is 0.571. The summed E-state index contributed by atoms with van der Waals surface area (Å²) in [6.07, 6.45) is 0. The average Bonchev–Trinajstić information content (AvgIpc) is 2.81. The summed E-state index contributed by atoms with van der Waals surface area (Å²) in [5.74, 6) is 0.776. The number of hydrogen-bond acceptors (Lipinski definition) is 4. The summed E-state index contributed by atoms with van der Waals surface area (Å²) in [6, 6.07) is 6.01. The Balaban J connectivity index is 2.33. The van der Waals surface area contributed by atoms with E-state index in [2.05, 4.69) is 35.8 Å². The number of anilines is 1. The smallest absolute Gasteiger partial charge is 0.245 e. The van der Waals surface area contributed by atoms with E-state index < -0.39 is 0 Å². The Morgan fingerprint density at radius 3 is 2.68 bits per heavy atom. The van der Waals surface area contributed by atoms with Gasteiger partial charge >= 0.3 is 0 Å². The molecule has 2 rings (SSSR count). The van der Waals surface area contributed by atoms with Crippen LogP contribution in [0.15, 0.2) is 18.2 Å². The van der Waals surface area contributed by atoms with Gasteiger partial charge in [0.2, 0.25) is 5.95 Å². The van der Waals surface area contributed by atoms with Crippen LogP contribution in [-0.4, -0.2) is 34.2 Å². The fourth-order valence-corrected chi connectivity index (χ4v) is 2.06. The minimum Gasteiger partial charge on any atom is -0.339 e. The van der Waals surface area contributed by atoms with Crippen LogP contribution in [0, 0.1) is 12.3 Å². The summed E-state index contributed by atoms with van der Waals surface area (Å²) in [6.45, 7) is 10.9. The van der Waals surface area contributed by atoms with Gasteiger partial charge in [-0.2, -0.15) is 4.98 Å². The molecule has 0 saturated heterocycles. The van der Waals surface area contributed by atoms with E-state index in [0.717, 1.165) is 30.4 Å². The highest BCUT2D eigenvalue weighted by molar-refractivity contribution is 5.45. The zero-order chi connectivity index (χ0) is 14.0. The van der Waals surface area contributed by atoms with E-state index in [4.69, 9.17) is 5.73 Å². The molecule has 0 fully saturated rings. The Morgan fingerprint density at radius 1 is 1.37 bits per heavy atom. The van der Waals surface area contributed by atoms with Crippen LogP contribution in [0.1, 0.15) is 26.5 Å². The standard InChI is InChI=1S/C14H23N5/c1-5-18(10-14(3,4)9-15)13-16-12-8-6-7-11(2)19(12)17-13/h6-8H,5,9-10,15H2,1-4H3. The van der Waals surface area contributed by atoms with Gasteiger partial charge in [-0.1, -0.05) is 19.9 Å². The SMILES string of the molecule is CCN(CC(C)(C)CN)c1nc2cccc(C)n2n1. The van der Waals surface area contributed by atoms with Gasteiger partial charge in [-0.15, -0.1) is 5.10 Å². The van der Waals surface area contributed by atoms with Gasteiger partial charge in [0.15, 0.2) is 5.65 Å². The van der Waals surface area contributed by atoms with Crippen molar-refractivity contribution in [2.45, 2.75) is 27.7 Å². The Morgan fingerprint density at radius 2 is 2.11 bits per heavy atom. The van der Waals surface area contributed by atoms with Crippen molar-refractivity contribution in [1.82, 2.24) is 14.6 Å². The lowest BCUT2D eigenvalue weighted by molar-refractivity contribution is 0.377. The summed E-state index contributed by atoms with van der Waals surface area (Å²) < 4.78 is 1.88. The maximum Gasteiger partial charge on any atom is 0.245 e. The third-order valence-corrected chi connectivity index (χ3v) is 3.37. The summed E-state index contributed by atoms with van der Waals surface area (Å²) in [4.78, 5) is 6.78. The van der Waals surface area contributed by atoms with Crippen LogP contribution < -0.4 is 10.6 Å². The first kappa shape index (κ1) is 13.8. The molecule has 104 valence electrons. The summed E-state index contributed by atoms with van der Waals surface area (Å²) in [5.41, 5.74) is 7.85. The average molecular weight is 261 g/mol. The largest absolute Gasteiger partial charge is 0.339 e. The first-order valence-electron chi connectivity index (χ1n) is 6.74. The molecule has 2 N–H and O–H groups in total. The molecule has 0 radical (unpaired) electrons. The minimum atomic E-state index is 0.0581. The molecule has 5 nitrogen and oxygen atoms in total. The molecular formula is C14H23N5. The highest BCUT2D eigenvalue weighted by Crippen LogP contribution is 2.19. The fourth-order valence-electron chi connectivity index (χ4n) is 2.06. The topological polar surface area (TPSA) is 59.5 Å². The van der Waals surface area contributed by atoms with Crippen molar-refractivity contribution in [2.24, 2.45) is 11.1 Å². The Bertz CT molecular complexity index is 558. The summed E-state index contributed by atoms with van der Waals surface area (Å²) >= 11 is 0. The van der Waals surface area contributed by atoms with Crippen LogP contribution in [0.25, 0.3) is 5.65 Å².